The minimum Gasteiger partial charge on any atom is -0.312 e. The summed E-state index contributed by atoms with van der Waals surface area (Å²) < 4.78 is 0. The normalized spacial score (nSPS) is 39.6. The highest BCUT2D eigenvalue weighted by Crippen LogP contribution is 2.40. The van der Waals surface area contributed by atoms with Crippen LogP contribution in [0.3, 0.4) is 0 Å². The third-order valence-corrected chi connectivity index (χ3v) is 5.27. The van der Waals surface area contributed by atoms with E-state index in [4.69, 9.17) is 0 Å². The average Bonchev–Trinajstić information content (AvgIpc) is 2.66. The van der Waals surface area contributed by atoms with Crippen LogP contribution in [0.1, 0.15) is 66.7 Å². The van der Waals surface area contributed by atoms with Crippen LogP contribution in [0.4, 0.5) is 0 Å². The minimum absolute atomic E-state index is 0.528. The Labute approximate surface area is 120 Å². The van der Waals surface area contributed by atoms with E-state index in [1.165, 1.54) is 45.2 Å². The quantitative estimate of drug-likeness (QED) is 0.835. The average molecular weight is 266 g/mol. The first-order valence-corrected chi connectivity index (χ1v) is 8.42. The van der Waals surface area contributed by atoms with Crippen LogP contribution in [0.25, 0.3) is 0 Å². The largest absolute Gasteiger partial charge is 0.312 e. The van der Waals surface area contributed by atoms with Crippen molar-refractivity contribution in [2.45, 2.75) is 84.8 Å². The summed E-state index contributed by atoms with van der Waals surface area (Å²) in [7, 11) is 0. The lowest BCUT2D eigenvalue weighted by atomic mass is 9.72. The number of rotatable bonds is 4. The molecule has 0 aromatic carbocycles. The molecule has 1 aliphatic carbocycles. The Kier molecular flexibility index (Phi) is 4.94. The van der Waals surface area contributed by atoms with Crippen LogP contribution in [0.5, 0.6) is 0 Å². The van der Waals surface area contributed by atoms with Crippen molar-refractivity contribution in [1.82, 2.24) is 10.2 Å². The molecular weight excluding hydrogens is 232 g/mol. The van der Waals surface area contributed by atoms with E-state index in [2.05, 4.69) is 44.8 Å². The molecule has 0 radical (unpaired) electrons. The number of nitrogens with one attached hydrogen (secondary N) is 1. The van der Waals surface area contributed by atoms with Crippen LogP contribution in [-0.4, -0.2) is 36.1 Å². The highest BCUT2D eigenvalue weighted by atomic mass is 15.2. The summed E-state index contributed by atoms with van der Waals surface area (Å²) in [6.45, 7) is 14.5. The van der Waals surface area contributed by atoms with Crippen molar-refractivity contribution in [3.63, 3.8) is 0 Å². The van der Waals surface area contributed by atoms with E-state index < -0.39 is 0 Å². The van der Waals surface area contributed by atoms with Gasteiger partial charge in [-0.3, -0.25) is 4.90 Å². The molecule has 19 heavy (non-hydrogen) atoms. The maximum Gasteiger partial charge on any atom is 0.0257 e. The number of hydrogen-bond donors (Lipinski definition) is 1. The van der Waals surface area contributed by atoms with Gasteiger partial charge in [-0.05, 0) is 56.9 Å². The molecular formula is C17H34N2. The molecule has 0 bridgehead atoms. The van der Waals surface area contributed by atoms with Crippen molar-refractivity contribution in [2.24, 2.45) is 11.3 Å². The predicted octanol–water partition coefficient (Wildman–Crippen LogP) is 3.66. The summed E-state index contributed by atoms with van der Waals surface area (Å²) in [5.74, 6) is 0.881. The van der Waals surface area contributed by atoms with E-state index in [0.717, 1.165) is 24.0 Å². The molecule has 0 spiro atoms. The molecule has 1 N–H and O–H groups in total. The third-order valence-electron chi connectivity index (χ3n) is 5.27. The zero-order valence-corrected chi connectivity index (χ0v) is 13.7. The van der Waals surface area contributed by atoms with Gasteiger partial charge in [0, 0.05) is 24.7 Å². The van der Waals surface area contributed by atoms with Gasteiger partial charge in [-0.2, -0.15) is 0 Å². The minimum atomic E-state index is 0.528. The third kappa shape index (κ3) is 3.72. The van der Waals surface area contributed by atoms with E-state index in [0.29, 0.717) is 5.41 Å². The molecule has 2 fully saturated rings. The Morgan fingerprint density at radius 2 is 2.00 bits per heavy atom. The Morgan fingerprint density at radius 1 is 1.26 bits per heavy atom. The van der Waals surface area contributed by atoms with Crippen molar-refractivity contribution in [1.29, 1.82) is 0 Å². The van der Waals surface area contributed by atoms with Crippen molar-refractivity contribution >= 4 is 0 Å². The molecule has 1 saturated heterocycles. The summed E-state index contributed by atoms with van der Waals surface area (Å²) in [4.78, 5) is 2.82. The van der Waals surface area contributed by atoms with E-state index in [9.17, 15) is 0 Å². The van der Waals surface area contributed by atoms with Crippen molar-refractivity contribution in [3.8, 4) is 0 Å². The number of likely N-dealkylation sites (tertiary alicyclic amines) is 1. The fourth-order valence-electron chi connectivity index (χ4n) is 4.26. The van der Waals surface area contributed by atoms with Crippen molar-refractivity contribution in [2.75, 3.05) is 13.1 Å². The lowest BCUT2D eigenvalue weighted by Gasteiger charge is -2.46. The number of hydrogen-bond acceptors (Lipinski definition) is 2. The standard InChI is InChI=1S/C17H34N2/c1-6-9-18-15-7-8-17(4,5)11-16(15)19-12-13(2)10-14(19)3/h13-16,18H,6-12H2,1-5H3. The topological polar surface area (TPSA) is 15.3 Å². The molecule has 2 nitrogen and oxygen atoms in total. The van der Waals surface area contributed by atoms with Gasteiger partial charge >= 0.3 is 0 Å². The zero-order chi connectivity index (χ0) is 14.0. The highest BCUT2D eigenvalue weighted by Gasteiger charge is 2.41. The van der Waals surface area contributed by atoms with Gasteiger partial charge in [0.2, 0.25) is 0 Å². The van der Waals surface area contributed by atoms with Gasteiger partial charge in [0.05, 0.1) is 0 Å². The molecule has 2 heteroatoms. The van der Waals surface area contributed by atoms with Gasteiger partial charge in [-0.15, -0.1) is 0 Å². The Balaban J connectivity index is 2.06. The van der Waals surface area contributed by atoms with E-state index >= 15 is 0 Å². The Hall–Kier alpha value is -0.0800. The summed E-state index contributed by atoms with van der Waals surface area (Å²) in [5.41, 5.74) is 0.528. The van der Waals surface area contributed by atoms with E-state index in [1.807, 2.05) is 0 Å². The van der Waals surface area contributed by atoms with Gasteiger partial charge < -0.3 is 5.32 Å². The molecule has 2 rings (SSSR count). The van der Waals surface area contributed by atoms with Gasteiger partial charge in [0.15, 0.2) is 0 Å². The molecule has 0 aromatic rings. The van der Waals surface area contributed by atoms with Gasteiger partial charge in [-0.1, -0.05) is 27.7 Å². The summed E-state index contributed by atoms with van der Waals surface area (Å²) >= 11 is 0. The second-order valence-corrected chi connectivity index (χ2v) is 7.92. The smallest absolute Gasteiger partial charge is 0.0257 e. The molecule has 1 aliphatic heterocycles. The summed E-state index contributed by atoms with van der Waals surface area (Å²) in [6.07, 6.45) is 6.74. The molecule has 2 aliphatic rings. The molecule has 4 atom stereocenters. The lowest BCUT2D eigenvalue weighted by molar-refractivity contribution is 0.0593. The van der Waals surface area contributed by atoms with Gasteiger partial charge in [0.1, 0.15) is 0 Å². The van der Waals surface area contributed by atoms with Crippen LogP contribution in [0, 0.1) is 11.3 Å². The molecule has 4 unspecified atom stereocenters. The molecule has 0 amide bonds. The van der Waals surface area contributed by atoms with Crippen LogP contribution < -0.4 is 5.32 Å². The highest BCUT2D eigenvalue weighted by molar-refractivity contribution is 4.98. The number of nitrogens with zero attached hydrogens (tertiary/aromatic N) is 1. The first-order valence-electron chi connectivity index (χ1n) is 8.42. The Bertz CT molecular complexity index is 287. The van der Waals surface area contributed by atoms with Gasteiger partial charge in [-0.25, -0.2) is 0 Å². The SMILES string of the molecule is CCCNC1CCC(C)(C)CC1N1CC(C)CC1C. The second-order valence-electron chi connectivity index (χ2n) is 7.92. The Morgan fingerprint density at radius 3 is 2.58 bits per heavy atom. The fraction of sp³-hybridized carbons (Fsp3) is 1.00. The maximum absolute atomic E-state index is 3.83. The molecule has 0 aromatic heterocycles. The van der Waals surface area contributed by atoms with Crippen LogP contribution >= 0.6 is 0 Å². The molecule has 1 heterocycles. The first-order chi connectivity index (χ1) is 8.93. The fourth-order valence-corrected chi connectivity index (χ4v) is 4.26. The molecule has 1 saturated carbocycles. The maximum atomic E-state index is 3.83. The van der Waals surface area contributed by atoms with Crippen molar-refractivity contribution < 1.29 is 0 Å². The first kappa shape index (κ1) is 15.3. The molecule has 112 valence electrons. The van der Waals surface area contributed by atoms with Crippen LogP contribution in [0.15, 0.2) is 0 Å². The lowest BCUT2D eigenvalue weighted by Crippen LogP contribution is -2.55. The summed E-state index contributed by atoms with van der Waals surface area (Å²) in [5, 5.41) is 3.83. The van der Waals surface area contributed by atoms with E-state index in [-0.39, 0.29) is 0 Å². The second kappa shape index (κ2) is 6.13. The summed E-state index contributed by atoms with van der Waals surface area (Å²) in [6, 6.07) is 2.26. The van der Waals surface area contributed by atoms with E-state index in [1.54, 1.807) is 0 Å². The monoisotopic (exact) mass is 266 g/mol. The van der Waals surface area contributed by atoms with Crippen LogP contribution in [0.2, 0.25) is 0 Å². The van der Waals surface area contributed by atoms with Gasteiger partial charge in [0.25, 0.3) is 0 Å². The predicted molar refractivity (Wildman–Crippen MR) is 83.5 cm³/mol. The van der Waals surface area contributed by atoms with Crippen molar-refractivity contribution in [3.05, 3.63) is 0 Å². The zero-order valence-electron chi connectivity index (χ0n) is 13.7. The van der Waals surface area contributed by atoms with Crippen LogP contribution in [-0.2, 0) is 0 Å².